The number of sulfonamides is 1. The number of nitrogens with zero attached hydrogens (tertiary/aromatic N) is 1. The molecule has 0 radical (unpaired) electrons. The Labute approximate surface area is 309 Å². The summed E-state index contributed by atoms with van der Waals surface area (Å²) in [6.45, 7) is 0.652. The number of carbonyl (C=O) groups is 4. The van der Waals surface area contributed by atoms with Crippen molar-refractivity contribution in [2.75, 3.05) is 25.9 Å². The van der Waals surface area contributed by atoms with E-state index in [1.807, 2.05) is 84.9 Å². The summed E-state index contributed by atoms with van der Waals surface area (Å²) in [7, 11) is -3.35. The third-order valence-electron chi connectivity index (χ3n) is 9.93. The fourth-order valence-corrected chi connectivity index (χ4v) is 7.96. The van der Waals surface area contributed by atoms with Gasteiger partial charge in [-0.3, -0.25) is 19.2 Å². The highest BCUT2D eigenvalue weighted by Crippen LogP contribution is 2.20. The van der Waals surface area contributed by atoms with Gasteiger partial charge in [0.15, 0.2) is 0 Å². The fourth-order valence-electron chi connectivity index (χ4n) is 7.09. The van der Waals surface area contributed by atoms with Crippen molar-refractivity contribution >= 4 is 44.6 Å². The summed E-state index contributed by atoms with van der Waals surface area (Å²) in [4.78, 5) is 59.3. The van der Waals surface area contributed by atoms with Crippen LogP contribution < -0.4 is 26.6 Å². The number of rotatable bonds is 9. The first kappa shape index (κ1) is 37.7. The highest BCUT2D eigenvalue weighted by Gasteiger charge is 2.34. The van der Waals surface area contributed by atoms with Gasteiger partial charge < -0.3 is 31.6 Å². The van der Waals surface area contributed by atoms with Crippen molar-refractivity contribution < 1.29 is 27.6 Å². The summed E-state index contributed by atoms with van der Waals surface area (Å²) in [5, 5.41) is 16.1. The molecule has 14 heteroatoms. The monoisotopic (exact) mass is 741 g/mol. The molecule has 4 amide bonds. The summed E-state index contributed by atoms with van der Waals surface area (Å²) < 4.78 is 25.6. The Morgan fingerprint density at radius 2 is 1.32 bits per heavy atom. The maximum atomic E-state index is 14.2. The van der Waals surface area contributed by atoms with E-state index in [0.29, 0.717) is 32.4 Å². The van der Waals surface area contributed by atoms with Crippen LogP contribution in [0.2, 0.25) is 0 Å². The minimum absolute atomic E-state index is 0.0704. The number of H-pyrrole nitrogens is 1. The molecule has 53 heavy (non-hydrogen) atoms. The third kappa shape index (κ3) is 10.3. The van der Waals surface area contributed by atoms with Crippen LogP contribution in [0.1, 0.15) is 36.0 Å². The topological polar surface area (TPSA) is 182 Å². The number of para-hydroxylation sites is 1. The first-order chi connectivity index (χ1) is 25.5. The Morgan fingerprint density at radius 3 is 2.00 bits per heavy atom. The predicted octanol–water partition coefficient (Wildman–Crippen LogP) is 1.55. The fraction of sp³-hybridized carbons (Fsp3) is 0.385. The van der Waals surface area contributed by atoms with E-state index in [4.69, 9.17) is 0 Å². The van der Waals surface area contributed by atoms with E-state index in [1.54, 1.807) is 6.20 Å². The van der Waals surface area contributed by atoms with Crippen LogP contribution in [0.25, 0.3) is 10.9 Å². The quantitative estimate of drug-likeness (QED) is 0.151. The van der Waals surface area contributed by atoms with Crippen LogP contribution in [0, 0.1) is 0 Å². The van der Waals surface area contributed by atoms with Gasteiger partial charge in [0, 0.05) is 55.6 Å². The average Bonchev–Trinajstić information content (AvgIpc) is 3.55. The number of aromatic nitrogens is 1. The molecule has 0 aliphatic carbocycles. The first-order valence-corrected chi connectivity index (χ1v) is 19.9. The van der Waals surface area contributed by atoms with E-state index in [2.05, 4.69) is 31.6 Å². The number of benzene rings is 3. The highest BCUT2D eigenvalue weighted by molar-refractivity contribution is 7.88. The number of hydrogen-bond donors (Lipinski definition) is 6. The van der Waals surface area contributed by atoms with Gasteiger partial charge in [0.1, 0.15) is 12.1 Å². The molecule has 2 saturated heterocycles. The van der Waals surface area contributed by atoms with Crippen molar-refractivity contribution in [2.45, 2.75) is 68.7 Å². The summed E-state index contributed by atoms with van der Waals surface area (Å²) in [6.07, 6.45) is 4.38. The van der Waals surface area contributed by atoms with Crippen molar-refractivity contribution in [3.63, 3.8) is 0 Å². The van der Waals surface area contributed by atoms with Crippen molar-refractivity contribution in [1.82, 2.24) is 35.9 Å². The predicted molar refractivity (Wildman–Crippen MR) is 202 cm³/mol. The molecule has 3 aromatic carbocycles. The minimum atomic E-state index is -3.35. The maximum Gasteiger partial charge on any atom is 0.243 e. The smallest absolute Gasteiger partial charge is 0.243 e. The molecule has 0 bridgehead atoms. The van der Waals surface area contributed by atoms with Crippen molar-refractivity contribution in [2.24, 2.45) is 0 Å². The Kier molecular flexibility index (Phi) is 12.2. The molecule has 0 saturated carbocycles. The Balaban J connectivity index is 1.30. The largest absolute Gasteiger partial charge is 0.361 e. The number of piperidine rings is 1. The minimum Gasteiger partial charge on any atom is -0.361 e. The SMILES string of the molecule is CS(=O)(=O)N1CCC(N[C@@H]2CC(=O)N[C@@H](Cc3c[nH]c4ccccc34)C(=O)N[C@@H](Cc3ccccc3)C(=O)N[C@H](Cc3ccccc3)CNC2=O)CC1. The molecule has 6 rings (SSSR count). The van der Waals surface area contributed by atoms with Crippen molar-refractivity contribution in [3.8, 4) is 0 Å². The van der Waals surface area contributed by atoms with Gasteiger partial charge in [-0.15, -0.1) is 0 Å². The molecule has 4 aromatic rings. The normalized spacial score (nSPS) is 23.0. The lowest BCUT2D eigenvalue weighted by Crippen LogP contribution is -2.60. The second-order valence-electron chi connectivity index (χ2n) is 13.9. The summed E-state index contributed by atoms with van der Waals surface area (Å²) >= 11 is 0. The Bertz CT molecular complexity index is 2000. The second kappa shape index (κ2) is 17.2. The van der Waals surface area contributed by atoms with E-state index >= 15 is 0 Å². The van der Waals surface area contributed by atoms with Gasteiger partial charge in [0.05, 0.1) is 24.8 Å². The first-order valence-electron chi connectivity index (χ1n) is 18.0. The highest BCUT2D eigenvalue weighted by atomic mass is 32.2. The van der Waals surface area contributed by atoms with Crippen LogP contribution in [0.15, 0.2) is 91.1 Å². The van der Waals surface area contributed by atoms with Gasteiger partial charge in [0.25, 0.3) is 0 Å². The Hall–Kier alpha value is -5.05. The van der Waals surface area contributed by atoms with Gasteiger partial charge >= 0.3 is 0 Å². The van der Waals surface area contributed by atoms with E-state index in [1.165, 1.54) is 10.6 Å². The van der Waals surface area contributed by atoms with Crippen LogP contribution >= 0.6 is 0 Å². The molecule has 1 aromatic heterocycles. The van der Waals surface area contributed by atoms with E-state index < -0.39 is 57.8 Å². The lowest BCUT2D eigenvalue weighted by molar-refractivity contribution is -0.133. The molecule has 13 nitrogen and oxygen atoms in total. The van der Waals surface area contributed by atoms with E-state index in [-0.39, 0.29) is 31.8 Å². The summed E-state index contributed by atoms with van der Waals surface area (Å²) in [6, 6.07) is 22.8. The molecule has 2 aliphatic rings. The molecular formula is C39H47N7O6S. The van der Waals surface area contributed by atoms with Crippen LogP contribution in [-0.2, 0) is 48.5 Å². The van der Waals surface area contributed by atoms with Gasteiger partial charge in [-0.2, -0.15) is 0 Å². The molecule has 2 aliphatic heterocycles. The molecular weight excluding hydrogens is 695 g/mol. The molecule has 3 heterocycles. The molecule has 0 spiro atoms. The van der Waals surface area contributed by atoms with Crippen molar-refractivity contribution in [1.29, 1.82) is 0 Å². The van der Waals surface area contributed by atoms with Crippen LogP contribution in [0.3, 0.4) is 0 Å². The zero-order valence-corrected chi connectivity index (χ0v) is 30.5. The molecule has 6 N–H and O–H groups in total. The molecule has 4 atom stereocenters. The van der Waals surface area contributed by atoms with Gasteiger partial charge in [-0.25, -0.2) is 12.7 Å². The molecule has 2 fully saturated rings. The average molecular weight is 742 g/mol. The molecule has 0 unspecified atom stereocenters. The van der Waals surface area contributed by atoms with Crippen LogP contribution in [0.5, 0.6) is 0 Å². The lowest BCUT2D eigenvalue weighted by Gasteiger charge is -2.33. The second-order valence-corrected chi connectivity index (χ2v) is 15.9. The van der Waals surface area contributed by atoms with Crippen molar-refractivity contribution in [3.05, 3.63) is 108 Å². The van der Waals surface area contributed by atoms with Gasteiger partial charge in [-0.1, -0.05) is 78.9 Å². The zero-order valence-electron chi connectivity index (χ0n) is 29.7. The van der Waals surface area contributed by atoms with E-state index in [9.17, 15) is 27.6 Å². The summed E-state index contributed by atoms with van der Waals surface area (Å²) in [5.41, 5.74) is 3.47. The standard InChI is InChI=1S/C39H47N7O6S/c1-53(51,52)46-18-16-29(17-19-46)42-35-23-36(47)44-34(22-28-24-40-32-15-9-8-14-31(28)32)39(50)45-33(21-27-12-6-3-7-13-27)38(49)43-30(25-41-37(35)48)20-26-10-4-2-5-11-26/h2-15,24,29-30,33-35,40,42H,16-23,25H2,1H3,(H,41,48)(H,43,49)(H,44,47)(H,45,50)/t30-,33+,34+,35-/m1/s1. The maximum absolute atomic E-state index is 14.2. The van der Waals surface area contributed by atoms with Crippen LogP contribution in [-0.4, -0.2) is 97.4 Å². The number of amides is 4. The van der Waals surface area contributed by atoms with Gasteiger partial charge in [0.2, 0.25) is 33.7 Å². The van der Waals surface area contributed by atoms with Gasteiger partial charge in [-0.05, 0) is 42.0 Å². The summed E-state index contributed by atoms with van der Waals surface area (Å²) in [5.74, 6) is -1.90. The molecule has 280 valence electrons. The number of fused-ring (bicyclic) bond motifs is 1. The number of aromatic amines is 1. The number of nitrogens with one attached hydrogen (secondary N) is 6. The van der Waals surface area contributed by atoms with Crippen LogP contribution in [0.4, 0.5) is 0 Å². The number of carbonyl (C=O) groups excluding carboxylic acids is 4. The third-order valence-corrected chi connectivity index (χ3v) is 11.2. The zero-order chi connectivity index (χ0) is 37.4. The van der Waals surface area contributed by atoms with E-state index in [0.717, 1.165) is 27.6 Å². The number of hydrogen-bond acceptors (Lipinski definition) is 7. The lowest BCUT2D eigenvalue weighted by atomic mass is 10.00. The Morgan fingerprint density at radius 1 is 0.717 bits per heavy atom.